The third kappa shape index (κ3) is 4.69. The van der Waals surface area contributed by atoms with Crippen LogP contribution in [0.15, 0.2) is 42.5 Å². The van der Waals surface area contributed by atoms with E-state index in [0.717, 1.165) is 5.56 Å². The van der Waals surface area contributed by atoms with Crippen molar-refractivity contribution in [3.05, 3.63) is 68.7 Å². The van der Waals surface area contributed by atoms with Gasteiger partial charge in [-0.05, 0) is 41.8 Å². The van der Waals surface area contributed by atoms with Crippen molar-refractivity contribution in [2.24, 2.45) is 0 Å². The van der Waals surface area contributed by atoms with E-state index in [9.17, 15) is 14.7 Å². The standard InChI is InChI=1S/C21H20Cl3NO4/c1-2-3-17(21(27)28)25-18(26)11-29-20(12-4-7-14(22)8-5-12)19(25)13-6-9-15(23)16(24)10-13/h4-10,17,19-20H,2-3,11H2,1H3,(H,27,28)/t17-,19-,20+/m0/s1. The number of hydrogen-bond acceptors (Lipinski definition) is 3. The Labute approximate surface area is 184 Å². The van der Waals surface area contributed by atoms with Gasteiger partial charge in [0.2, 0.25) is 5.91 Å². The van der Waals surface area contributed by atoms with Crippen LogP contribution >= 0.6 is 34.8 Å². The van der Waals surface area contributed by atoms with Crippen molar-refractivity contribution in [3.63, 3.8) is 0 Å². The molecule has 2 aromatic carbocycles. The zero-order valence-electron chi connectivity index (χ0n) is 15.6. The summed E-state index contributed by atoms with van der Waals surface area (Å²) >= 11 is 18.3. The molecule has 1 saturated heterocycles. The average Bonchev–Trinajstić information content (AvgIpc) is 2.69. The van der Waals surface area contributed by atoms with Crippen molar-refractivity contribution in [1.29, 1.82) is 0 Å². The zero-order chi connectivity index (χ0) is 21.1. The number of halogens is 3. The molecule has 0 radical (unpaired) electrons. The summed E-state index contributed by atoms with van der Waals surface area (Å²) in [5.41, 5.74) is 1.43. The SMILES string of the molecule is CCC[C@@H](C(=O)O)N1C(=O)CO[C@H](c2ccc(Cl)cc2)[C@@H]1c1ccc(Cl)c(Cl)c1. The molecular weight excluding hydrogens is 437 g/mol. The topological polar surface area (TPSA) is 66.8 Å². The van der Waals surface area contributed by atoms with Gasteiger partial charge in [-0.25, -0.2) is 4.79 Å². The monoisotopic (exact) mass is 455 g/mol. The lowest BCUT2D eigenvalue weighted by Crippen LogP contribution is -2.53. The summed E-state index contributed by atoms with van der Waals surface area (Å²) in [6, 6.07) is 10.4. The molecule has 5 nitrogen and oxygen atoms in total. The summed E-state index contributed by atoms with van der Waals surface area (Å²) in [6.07, 6.45) is 0.356. The van der Waals surface area contributed by atoms with Gasteiger partial charge in [0.15, 0.2) is 0 Å². The minimum atomic E-state index is -1.05. The lowest BCUT2D eigenvalue weighted by atomic mass is 9.90. The largest absolute Gasteiger partial charge is 0.480 e. The van der Waals surface area contributed by atoms with E-state index in [1.54, 1.807) is 42.5 Å². The van der Waals surface area contributed by atoms with E-state index in [1.807, 2.05) is 6.92 Å². The zero-order valence-corrected chi connectivity index (χ0v) is 17.9. The first kappa shape index (κ1) is 21.9. The Balaban J connectivity index is 2.14. The molecule has 0 aromatic heterocycles. The fourth-order valence-electron chi connectivity index (χ4n) is 3.61. The van der Waals surface area contributed by atoms with Crippen molar-refractivity contribution in [2.45, 2.75) is 38.0 Å². The summed E-state index contributed by atoms with van der Waals surface area (Å²) in [6.45, 7) is 1.67. The van der Waals surface area contributed by atoms with Gasteiger partial charge in [-0.1, -0.05) is 66.3 Å². The fraction of sp³-hybridized carbons (Fsp3) is 0.333. The van der Waals surface area contributed by atoms with Gasteiger partial charge in [-0.3, -0.25) is 4.79 Å². The number of carbonyl (C=O) groups excluding carboxylic acids is 1. The number of aliphatic carboxylic acids is 1. The maximum atomic E-state index is 12.8. The van der Waals surface area contributed by atoms with Crippen molar-refractivity contribution in [1.82, 2.24) is 4.90 Å². The van der Waals surface area contributed by atoms with Gasteiger partial charge in [-0.15, -0.1) is 0 Å². The highest BCUT2D eigenvalue weighted by atomic mass is 35.5. The molecule has 8 heteroatoms. The molecule has 154 valence electrons. The third-order valence-electron chi connectivity index (χ3n) is 4.93. The van der Waals surface area contributed by atoms with Gasteiger partial charge in [0.05, 0.1) is 16.1 Å². The second-order valence-electron chi connectivity index (χ2n) is 6.85. The summed E-state index contributed by atoms with van der Waals surface area (Å²) < 4.78 is 5.89. The molecule has 0 unspecified atom stereocenters. The Bertz CT molecular complexity index is 903. The lowest BCUT2D eigenvalue weighted by molar-refractivity contribution is -0.171. The van der Waals surface area contributed by atoms with Crippen LogP contribution in [-0.4, -0.2) is 34.5 Å². The highest BCUT2D eigenvalue weighted by Gasteiger charge is 2.44. The normalized spacial score (nSPS) is 20.6. The van der Waals surface area contributed by atoms with Crippen LogP contribution in [0, 0.1) is 0 Å². The Hall–Kier alpha value is -1.79. The molecule has 1 aliphatic rings. The molecule has 1 fully saturated rings. The molecule has 2 aromatic rings. The second kappa shape index (κ2) is 9.35. The minimum Gasteiger partial charge on any atom is -0.480 e. The number of carboxylic acid groups (broad SMARTS) is 1. The molecular formula is C21H20Cl3NO4. The van der Waals surface area contributed by atoms with Crippen LogP contribution in [0.2, 0.25) is 15.1 Å². The van der Waals surface area contributed by atoms with Gasteiger partial charge in [0.1, 0.15) is 18.8 Å². The summed E-state index contributed by atoms with van der Waals surface area (Å²) in [7, 11) is 0. The predicted octanol–water partition coefficient (Wildman–Crippen LogP) is 5.54. The van der Waals surface area contributed by atoms with Crippen LogP contribution in [0.5, 0.6) is 0 Å². The van der Waals surface area contributed by atoms with Crippen molar-refractivity contribution < 1.29 is 19.4 Å². The van der Waals surface area contributed by atoms with Gasteiger partial charge < -0.3 is 14.7 Å². The Kier molecular flexibility index (Phi) is 7.06. The van der Waals surface area contributed by atoms with Crippen LogP contribution < -0.4 is 0 Å². The van der Waals surface area contributed by atoms with Crippen LogP contribution in [0.3, 0.4) is 0 Å². The molecule has 3 atom stereocenters. The molecule has 1 aliphatic heterocycles. The maximum Gasteiger partial charge on any atom is 0.326 e. The molecule has 0 spiro atoms. The van der Waals surface area contributed by atoms with E-state index in [1.165, 1.54) is 4.90 Å². The Morgan fingerprint density at radius 3 is 2.38 bits per heavy atom. The first-order valence-electron chi connectivity index (χ1n) is 9.19. The summed E-state index contributed by atoms with van der Waals surface area (Å²) in [5, 5.41) is 11.1. The number of benzene rings is 2. The molecule has 1 amide bonds. The van der Waals surface area contributed by atoms with Crippen molar-refractivity contribution >= 4 is 46.7 Å². The molecule has 1 heterocycles. The van der Waals surface area contributed by atoms with Gasteiger partial charge in [-0.2, -0.15) is 0 Å². The lowest BCUT2D eigenvalue weighted by Gasteiger charge is -2.44. The molecule has 29 heavy (non-hydrogen) atoms. The average molecular weight is 457 g/mol. The van der Waals surface area contributed by atoms with Crippen LogP contribution in [0.4, 0.5) is 0 Å². The number of amides is 1. The van der Waals surface area contributed by atoms with Crippen molar-refractivity contribution in [3.8, 4) is 0 Å². The molecule has 0 aliphatic carbocycles. The number of ether oxygens (including phenoxy) is 1. The number of morpholine rings is 1. The number of hydrogen-bond donors (Lipinski definition) is 1. The summed E-state index contributed by atoms with van der Waals surface area (Å²) in [4.78, 5) is 26.3. The van der Waals surface area contributed by atoms with Crippen LogP contribution in [0.25, 0.3) is 0 Å². The first-order valence-corrected chi connectivity index (χ1v) is 10.3. The molecule has 0 bridgehead atoms. The minimum absolute atomic E-state index is 0.210. The number of carboxylic acids is 1. The Morgan fingerprint density at radius 1 is 1.14 bits per heavy atom. The highest BCUT2D eigenvalue weighted by molar-refractivity contribution is 6.42. The summed E-state index contributed by atoms with van der Waals surface area (Å²) in [5.74, 6) is -1.44. The number of nitrogens with zero attached hydrogens (tertiary/aromatic N) is 1. The van der Waals surface area contributed by atoms with Crippen LogP contribution in [-0.2, 0) is 14.3 Å². The van der Waals surface area contributed by atoms with E-state index in [0.29, 0.717) is 33.5 Å². The van der Waals surface area contributed by atoms with E-state index >= 15 is 0 Å². The number of carbonyl (C=O) groups is 2. The van der Waals surface area contributed by atoms with E-state index < -0.39 is 24.2 Å². The second-order valence-corrected chi connectivity index (χ2v) is 8.10. The first-order chi connectivity index (χ1) is 13.8. The van der Waals surface area contributed by atoms with Gasteiger partial charge >= 0.3 is 5.97 Å². The van der Waals surface area contributed by atoms with E-state index in [-0.39, 0.29) is 12.5 Å². The van der Waals surface area contributed by atoms with E-state index in [2.05, 4.69) is 0 Å². The van der Waals surface area contributed by atoms with Crippen LogP contribution in [0.1, 0.15) is 43.0 Å². The molecule has 0 saturated carbocycles. The number of rotatable bonds is 6. The fourth-order valence-corrected chi connectivity index (χ4v) is 4.05. The van der Waals surface area contributed by atoms with Gasteiger partial charge in [0, 0.05) is 5.02 Å². The predicted molar refractivity (Wildman–Crippen MR) is 113 cm³/mol. The molecule has 3 rings (SSSR count). The van der Waals surface area contributed by atoms with Crippen molar-refractivity contribution in [2.75, 3.05) is 6.61 Å². The third-order valence-corrected chi connectivity index (χ3v) is 5.92. The quantitative estimate of drug-likeness (QED) is 0.619. The Morgan fingerprint density at radius 2 is 1.79 bits per heavy atom. The maximum absolute atomic E-state index is 12.8. The molecule has 1 N–H and O–H groups in total. The smallest absolute Gasteiger partial charge is 0.326 e. The van der Waals surface area contributed by atoms with E-state index in [4.69, 9.17) is 39.5 Å². The van der Waals surface area contributed by atoms with Gasteiger partial charge in [0.25, 0.3) is 0 Å². The highest BCUT2D eigenvalue weighted by Crippen LogP contribution is 2.43.